The standard InChI is InChI=1S/C12H8BrN3O5/c1-6-2-7(13)3-9(16(19)20)11(6)21-10-5-14-8(4-15-10)12(17)18/h2-5H,1H3,(H,17,18). The third-order valence-electron chi connectivity index (χ3n) is 2.47. The minimum absolute atomic E-state index is 0.0283. The molecule has 0 radical (unpaired) electrons. The molecule has 1 N–H and O–H groups in total. The SMILES string of the molecule is Cc1cc(Br)cc([N+](=O)[O-])c1Oc1cnc(C(=O)O)cn1. The van der Waals surface area contributed by atoms with E-state index in [1.165, 1.54) is 6.07 Å². The molecule has 108 valence electrons. The van der Waals surface area contributed by atoms with Gasteiger partial charge in [0.25, 0.3) is 0 Å². The maximum Gasteiger partial charge on any atom is 0.356 e. The summed E-state index contributed by atoms with van der Waals surface area (Å²) in [5, 5.41) is 19.8. The van der Waals surface area contributed by atoms with Crippen LogP contribution in [-0.2, 0) is 0 Å². The van der Waals surface area contributed by atoms with Crippen LogP contribution in [0.25, 0.3) is 0 Å². The van der Waals surface area contributed by atoms with E-state index in [0.717, 1.165) is 12.4 Å². The molecule has 1 aromatic carbocycles. The second-order valence-electron chi connectivity index (χ2n) is 3.98. The van der Waals surface area contributed by atoms with Crippen LogP contribution in [0.2, 0.25) is 0 Å². The molecule has 0 saturated heterocycles. The molecule has 2 aromatic rings. The van der Waals surface area contributed by atoms with Gasteiger partial charge in [0.2, 0.25) is 11.6 Å². The third kappa shape index (κ3) is 3.31. The fourth-order valence-electron chi connectivity index (χ4n) is 1.56. The summed E-state index contributed by atoms with van der Waals surface area (Å²) < 4.78 is 5.91. The van der Waals surface area contributed by atoms with Gasteiger partial charge in [0.1, 0.15) is 0 Å². The summed E-state index contributed by atoms with van der Waals surface area (Å²) in [7, 11) is 0. The van der Waals surface area contributed by atoms with Crippen LogP contribution in [0.1, 0.15) is 16.1 Å². The zero-order valence-electron chi connectivity index (χ0n) is 10.6. The van der Waals surface area contributed by atoms with Gasteiger partial charge in [-0.1, -0.05) is 15.9 Å². The van der Waals surface area contributed by atoms with Crippen molar-refractivity contribution in [1.82, 2.24) is 9.97 Å². The van der Waals surface area contributed by atoms with Crippen LogP contribution in [0.5, 0.6) is 11.6 Å². The fraction of sp³-hybridized carbons (Fsp3) is 0.0833. The van der Waals surface area contributed by atoms with E-state index in [2.05, 4.69) is 25.9 Å². The van der Waals surface area contributed by atoms with Crippen molar-refractivity contribution in [3.8, 4) is 11.6 Å². The first-order chi connectivity index (χ1) is 9.88. The number of rotatable bonds is 4. The number of nitrogens with zero attached hydrogens (tertiary/aromatic N) is 3. The van der Waals surface area contributed by atoms with E-state index in [1.807, 2.05) is 0 Å². The monoisotopic (exact) mass is 353 g/mol. The number of halogens is 1. The quantitative estimate of drug-likeness (QED) is 0.663. The minimum Gasteiger partial charge on any atom is -0.476 e. The van der Waals surface area contributed by atoms with E-state index in [0.29, 0.717) is 10.0 Å². The number of benzene rings is 1. The van der Waals surface area contributed by atoms with Gasteiger partial charge in [0.15, 0.2) is 5.69 Å². The maximum atomic E-state index is 11.1. The number of nitro benzene ring substituents is 1. The van der Waals surface area contributed by atoms with Crippen LogP contribution in [0.15, 0.2) is 29.0 Å². The van der Waals surface area contributed by atoms with Crippen molar-refractivity contribution in [2.24, 2.45) is 0 Å². The molecule has 8 nitrogen and oxygen atoms in total. The summed E-state index contributed by atoms with van der Waals surface area (Å²) in [5.41, 5.74) is 0.0514. The largest absolute Gasteiger partial charge is 0.476 e. The molecule has 0 aliphatic carbocycles. The molecule has 0 aliphatic heterocycles. The summed E-state index contributed by atoms with van der Waals surface area (Å²) in [6, 6.07) is 2.96. The predicted molar refractivity (Wildman–Crippen MR) is 74.6 cm³/mol. The molecule has 0 fully saturated rings. The molecule has 2 rings (SSSR count). The molecule has 0 spiro atoms. The summed E-state index contributed by atoms with van der Waals surface area (Å²) in [6.45, 7) is 1.64. The molecule has 1 heterocycles. The van der Waals surface area contributed by atoms with E-state index < -0.39 is 10.9 Å². The van der Waals surface area contributed by atoms with E-state index in [4.69, 9.17) is 9.84 Å². The fourth-order valence-corrected chi connectivity index (χ4v) is 2.12. The Morgan fingerprint density at radius 2 is 2.10 bits per heavy atom. The van der Waals surface area contributed by atoms with Crippen molar-refractivity contribution in [3.05, 3.63) is 50.4 Å². The lowest BCUT2D eigenvalue weighted by Gasteiger charge is -2.08. The topological polar surface area (TPSA) is 115 Å². The molecule has 9 heteroatoms. The van der Waals surface area contributed by atoms with Crippen LogP contribution in [0.3, 0.4) is 0 Å². The zero-order valence-corrected chi connectivity index (χ0v) is 12.2. The summed E-state index contributed by atoms with van der Waals surface area (Å²) in [6.07, 6.45) is 2.10. The van der Waals surface area contributed by atoms with Gasteiger partial charge >= 0.3 is 11.7 Å². The number of carbonyl (C=O) groups is 1. The second-order valence-corrected chi connectivity index (χ2v) is 4.89. The normalized spacial score (nSPS) is 10.2. The molecule has 0 amide bonds. The average Bonchev–Trinajstić information content (AvgIpc) is 2.41. The zero-order chi connectivity index (χ0) is 15.6. The van der Waals surface area contributed by atoms with Crippen molar-refractivity contribution in [2.75, 3.05) is 0 Å². The van der Waals surface area contributed by atoms with Gasteiger partial charge in [-0.25, -0.2) is 14.8 Å². The molecule has 0 bridgehead atoms. The maximum absolute atomic E-state index is 11.1. The minimum atomic E-state index is -1.22. The van der Waals surface area contributed by atoms with E-state index in [-0.39, 0.29) is 23.0 Å². The Kier molecular flexibility index (Phi) is 4.13. The number of hydrogen-bond donors (Lipinski definition) is 1. The molecule has 0 atom stereocenters. The van der Waals surface area contributed by atoms with Crippen molar-refractivity contribution in [2.45, 2.75) is 6.92 Å². The van der Waals surface area contributed by atoms with Gasteiger partial charge in [-0.05, 0) is 13.0 Å². The van der Waals surface area contributed by atoms with Gasteiger partial charge in [0.05, 0.1) is 17.3 Å². The van der Waals surface area contributed by atoms with Crippen LogP contribution >= 0.6 is 15.9 Å². The van der Waals surface area contributed by atoms with Gasteiger partial charge < -0.3 is 9.84 Å². The molecular weight excluding hydrogens is 346 g/mol. The van der Waals surface area contributed by atoms with Gasteiger partial charge in [-0.3, -0.25) is 10.1 Å². The smallest absolute Gasteiger partial charge is 0.356 e. The number of ether oxygens (including phenoxy) is 1. The first kappa shape index (κ1) is 14.9. The average molecular weight is 354 g/mol. The molecule has 1 aromatic heterocycles. The van der Waals surface area contributed by atoms with Crippen LogP contribution in [0, 0.1) is 17.0 Å². The number of carboxylic acid groups (broad SMARTS) is 1. The van der Waals surface area contributed by atoms with Crippen molar-refractivity contribution < 1.29 is 19.6 Å². The van der Waals surface area contributed by atoms with E-state index >= 15 is 0 Å². The Morgan fingerprint density at radius 3 is 2.62 bits per heavy atom. The van der Waals surface area contributed by atoms with Gasteiger partial charge in [0, 0.05) is 16.1 Å². The number of hydrogen-bond acceptors (Lipinski definition) is 6. The molecule has 0 saturated carbocycles. The van der Waals surface area contributed by atoms with Crippen LogP contribution < -0.4 is 4.74 Å². The molecule has 21 heavy (non-hydrogen) atoms. The van der Waals surface area contributed by atoms with E-state index in [9.17, 15) is 14.9 Å². The Bertz CT molecular complexity index is 718. The number of nitro groups is 1. The van der Waals surface area contributed by atoms with Crippen molar-refractivity contribution in [3.63, 3.8) is 0 Å². The Balaban J connectivity index is 2.39. The highest BCUT2D eigenvalue weighted by Gasteiger charge is 2.20. The number of aromatic nitrogens is 2. The highest BCUT2D eigenvalue weighted by atomic mass is 79.9. The number of carboxylic acids is 1. The lowest BCUT2D eigenvalue weighted by atomic mass is 10.2. The third-order valence-corrected chi connectivity index (χ3v) is 2.93. The van der Waals surface area contributed by atoms with Crippen LogP contribution in [0.4, 0.5) is 5.69 Å². The Labute approximate surface area is 126 Å². The van der Waals surface area contributed by atoms with Crippen molar-refractivity contribution >= 4 is 27.6 Å². The highest BCUT2D eigenvalue weighted by molar-refractivity contribution is 9.10. The molecular formula is C12H8BrN3O5. The summed E-state index contributed by atoms with van der Waals surface area (Å²) >= 11 is 3.17. The summed E-state index contributed by atoms with van der Waals surface area (Å²) in [4.78, 5) is 28.5. The van der Waals surface area contributed by atoms with Crippen LogP contribution in [-0.4, -0.2) is 26.0 Å². The number of aromatic carboxylic acids is 1. The Hall–Kier alpha value is -2.55. The molecule has 0 unspecified atom stereocenters. The number of aryl methyl sites for hydroxylation is 1. The Morgan fingerprint density at radius 1 is 1.38 bits per heavy atom. The van der Waals surface area contributed by atoms with Crippen molar-refractivity contribution in [1.29, 1.82) is 0 Å². The second kappa shape index (κ2) is 5.83. The van der Waals surface area contributed by atoms with E-state index in [1.54, 1.807) is 13.0 Å². The van der Waals surface area contributed by atoms with Gasteiger partial charge in [-0.2, -0.15) is 0 Å². The molecule has 0 aliphatic rings. The highest BCUT2D eigenvalue weighted by Crippen LogP contribution is 2.36. The summed E-state index contributed by atoms with van der Waals surface area (Å²) in [5.74, 6) is -1.23. The lowest BCUT2D eigenvalue weighted by molar-refractivity contribution is -0.385. The predicted octanol–water partition coefficient (Wildman–Crippen LogP) is 2.95. The van der Waals surface area contributed by atoms with Gasteiger partial charge in [-0.15, -0.1) is 0 Å². The first-order valence-corrected chi connectivity index (χ1v) is 6.35. The first-order valence-electron chi connectivity index (χ1n) is 5.56. The lowest BCUT2D eigenvalue weighted by Crippen LogP contribution is -2.02.